The lowest BCUT2D eigenvalue weighted by molar-refractivity contribution is -0.128. The Bertz CT molecular complexity index is 840. The van der Waals surface area contributed by atoms with Crippen molar-refractivity contribution in [2.45, 2.75) is 50.2 Å². The Morgan fingerprint density at radius 3 is 2.76 bits per heavy atom. The molecule has 1 N–H and O–H groups in total. The summed E-state index contributed by atoms with van der Waals surface area (Å²) in [6.45, 7) is 0.532. The van der Waals surface area contributed by atoms with Crippen LogP contribution >= 0.6 is 0 Å². The number of amides is 1. The minimum atomic E-state index is -3.39. The number of hydrogen-bond acceptors (Lipinski definition) is 5. The highest BCUT2D eigenvalue weighted by atomic mass is 19.3. The Kier molecular flexibility index (Phi) is 6.68. The third kappa shape index (κ3) is 5.03. The minimum Gasteiger partial charge on any atom is -0.382 e. The van der Waals surface area contributed by atoms with E-state index in [1.54, 1.807) is 22.7 Å². The Labute approximate surface area is 168 Å². The molecule has 1 aliphatic rings. The number of aliphatic hydroxyl groups excluding tert-OH is 1. The molecule has 1 saturated heterocycles. The highest BCUT2D eigenvalue weighted by Gasteiger charge is 2.39. The van der Waals surface area contributed by atoms with Gasteiger partial charge in [-0.15, -0.1) is 5.10 Å². The van der Waals surface area contributed by atoms with Crippen molar-refractivity contribution >= 4 is 5.91 Å². The van der Waals surface area contributed by atoms with Crippen LogP contribution in [0, 0.1) is 0 Å². The lowest BCUT2D eigenvalue weighted by atomic mass is 10.0. The average Bonchev–Trinajstić information content (AvgIpc) is 3.29. The van der Waals surface area contributed by atoms with E-state index in [-0.39, 0.29) is 17.5 Å². The van der Waals surface area contributed by atoms with Gasteiger partial charge in [0, 0.05) is 32.0 Å². The van der Waals surface area contributed by atoms with Crippen LogP contribution in [0.25, 0.3) is 0 Å². The van der Waals surface area contributed by atoms with Crippen LogP contribution in [0.4, 0.5) is 8.78 Å². The fraction of sp³-hybridized carbons (Fsp3) is 0.500. The van der Waals surface area contributed by atoms with Crippen molar-refractivity contribution < 1.29 is 18.7 Å². The summed E-state index contributed by atoms with van der Waals surface area (Å²) < 4.78 is 30.4. The topological polar surface area (TPSA) is 84.1 Å². The molecular formula is C20H25F2N5O2. The second kappa shape index (κ2) is 9.21. The van der Waals surface area contributed by atoms with Gasteiger partial charge in [-0.2, -0.15) is 8.78 Å². The average molecular weight is 405 g/mol. The zero-order valence-electron chi connectivity index (χ0n) is 16.3. The van der Waals surface area contributed by atoms with Crippen molar-refractivity contribution in [2.24, 2.45) is 7.05 Å². The van der Waals surface area contributed by atoms with Crippen LogP contribution in [0.15, 0.2) is 42.5 Å². The molecule has 3 rings (SSSR count). The first-order chi connectivity index (χ1) is 13.9. The molecule has 1 fully saturated rings. The molecule has 0 radical (unpaired) electrons. The number of aromatic nitrogens is 4. The maximum Gasteiger partial charge on any atom is 0.302 e. The number of hydrogen-bond donors (Lipinski definition) is 1. The van der Waals surface area contributed by atoms with Gasteiger partial charge in [-0.3, -0.25) is 4.79 Å². The summed E-state index contributed by atoms with van der Waals surface area (Å²) in [6, 6.07) is 6.96. The van der Waals surface area contributed by atoms with E-state index in [1.807, 2.05) is 0 Å². The summed E-state index contributed by atoms with van der Waals surface area (Å²) in [5, 5.41) is 21.3. The number of likely N-dealkylation sites (tertiary alicyclic amines) is 1. The molecule has 1 aromatic heterocycles. The number of unbranched alkanes of at least 4 members (excludes halogenated alkanes) is 1. The van der Waals surface area contributed by atoms with Gasteiger partial charge >= 0.3 is 5.92 Å². The zero-order valence-corrected chi connectivity index (χ0v) is 16.3. The van der Waals surface area contributed by atoms with Crippen LogP contribution in [-0.2, 0) is 24.2 Å². The molecule has 9 heteroatoms. The van der Waals surface area contributed by atoms with Crippen molar-refractivity contribution in [3.63, 3.8) is 0 Å². The number of carbonyl (C=O) groups excluding carboxylic acids is 1. The molecule has 1 aliphatic heterocycles. The SMILES string of the molecule is Cn1nnnc1CCCCN1C(=O)CCC1/C=C/C(O)C(F)(F)c1ccccc1. The third-order valence-corrected chi connectivity index (χ3v) is 5.18. The number of halogens is 2. The molecule has 156 valence electrons. The molecular weight excluding hydrogens is 380 g/mol. The number of tetrazole rings is 1. The Balaban J connectivity index is 1.54. The van der Waals surface area contributed by atoms with E-state index in [2.05, 4.69) is 15.5 Å². The van der Waals surface area contributed by atoms with Crippen molar-refractivity contribution in [1.29, 1.82) is 0 Å². The monoisotopic (exact) mass is 405 g/mol. The number of alkyl halides is 2. The standard InChI is InChI=1S/C20H25F2N5O2/c1-26-18(23-24-25-26)9-5-6-14-27-16(11-13-19(27)29)10-12-17(28)20(21,22)15-7-3-2-4-8-15/h2-4,7-8,10,12,16-17,28H,5-6,9,11,13-14H2,1H3/b12-10+. The van der Waals surface area contributed by atoms with E-state index in [9.17, 15) is 18.7 Å². The summed E-state index contributed by atoms with van der Waals surface area (Å²) in [5.41, 5.74) is -0.241. The Morgan fingerprint density at radius 2 is 2.07 bits per heavy atom. The maximum atomic E-state index is 14.4. The van der Waals surface area contributed by atoms with Gasteiger partial charge in [0.25, 0.3) is 0 Å². The van der Waals surface area contributed by atoms with Gasteiger partial charge in [0.15, 0.2) is 5.82 Å². The normalized spacial score (nSPS) is 18.7. The predicted molar refractivity (Wildman–Crippen MR) is 102 cm³/mol. The van der Waals surface area contributed by atoms with Crippen LogP contribution in [0.5, 0.6) is 0 Å². The molecule has 2 unspecified atom stereocenters. The van der Waals surface area contributed by atoms with E-state index in [4.69, 9.17) is 0 Å². The molecule has 7 nitrogen and oxygen atoms in total. The van der Waals surface area contributed by atoms with E-state index >= 15 is 0 Å². The molecule has 2 heterocycles. The van der Waals surface area contributed by atoms with Gasteiger partial charge in [-0.25, -0.2) is 4.68 Å². The van der Waals surface area contributed by atoms with E-state index in [0.29, 0.717) is 25.8 Å². The third-order valence-electron chi connectivity index (χ3n) is 5.18. The first kappa shape index (κ1) is 21.0. The molecule has 2 aromatic rings. The van der Waals surface area contributed by atoms with Crippen LogP contribution < -0.4 is 0 Å². The van der Waals surface area contributed by atoms with Crippen LogP contribution in [0.1, 0.15) is 37.1 Å². The summed E-state index contributed by atoms with van der Waals surface area (Å²) in [5.74, 6) is -2.61. The van der Waals surface area contributed by atoms with Gasteiger partial charge in [0.05, 0.1) is 6.04 Å². The van der Waals surface area contributed by atoms with Crippen molar-refractivity contribution in [1.82, 2.24) is 25.1 Å². The Hall–Kier alpha value is -2.68. The summed E-state index contributed by atoms with van der Waals surface area (Å²) in [7, 11) is 1.77. The summed E-state index contributed by atoms with van der Waals surface area (Å²) >= 11 is 0. The van der Waals surface area contributed by atoms with Crippen molar-refractivity contribution in [3.8, 4) is 0 Å². The zero-order chi connectivity index (χ0) is 20.9. The van der Waals surface area contributed by atoms with Crippen molar-refractivity contribution in [2.75, 3.05) is 6.54 Å². The van der Waals surface area contributed by atoms with Crippen LogP contribution in [-0.4, -0.2) is 54.8 Å². The molecule has 0 aliphatic carbocycles. The highest BCUT2D eigenvalue weighted by molar-refractivity contribution is 5.79. The molecule has 0 spiro atoms. The number of aliphatic hydroxyl groups is 1. The molecule has 1 aromatic carbocycles. The number of benzene rings is 1. The quantitative estimate of drug-likeness (QED) is 0.511. The minimum absolute atomic E-state index is 0.00397. The van der Waals surface area contributed by atoms with Crippen molar-refractivity contribution in [3.05, 3.63) is 53.9 Å². The summed E-state index contributed by atoms with van der Waals surface area (Å²) in [6.07, 6.45) is 3.89. The van der Waals surface area contributed by atoms with Gasteiger partial charge < -0.3 is 10.0 Å². The number of carbonyl (C=O) groups is 1. The first-order valence-corrected chi connectivity index (χ1v) is 9.70. The van der Waals surface area contributed by atoms with Gasteiger partial charge in [0.1, 0.15) is 6.10 Å². The van der Waals surface area contributed by atoms with Gasteiger partial charge in [0.2, 0.25) is 5.91 Å². The molecule has 2 atom stereocenters. The van der Waals surface area contributed by atoms with Gasteiger partial charge in [-0.1, -0.05) is 42.5 Å². The maximum absolute atomic E-state index is 14.4. The van der Waals surface area contributed by atoms with Crippen LogP contribution in [0.2, 0.25) is 0 Å². The van der Waals surface area contributed by atoms with E-state index < -0.39 is 12.0 Å². The fourth-order valence-electron chi connectivity index (χ4n) is 3.46. The second-order valence-corrected chi connectivity index (χ2v) is 7.19. The lowest BCUT2D eigenvalue weighted by Crippen LogP contribution is -2.34. The summed E-state index contributed by atoms with van der Waals surface area (Å²) in [4.78, 5) is 13.9. The first-order valence-electron chi connectivity index (χ1n) is 9.70. The number of rotatable bonds is 9. The number of aryl methyl sites for hydroxylation is 2. The van der Waals surface area contributed by atoms with E-state index in [1.165, 1.54) is 30.3 Å². The number of nitrogens with zero attached hydrogens (tertiary/aromatic N) is 5. The largest absolute Gasteiger partial charge is 0.382 e. The molecule has 29 heavy (non-hydrogen) atoms. The predicted octanol–water partition coefficient (Wildman–Crippen LogP) is 2.23. The molecule has 0 saturated carbocycles. The smallest absolute Gasteiger partial charge is 0.302 e. The fourth-order valence-corrected chi connectivity index (χ4v) is 3.46. The second-order valence-electron chi connectivity index (χ2n) is 7.19. The highest BCUT2D eigenvalue weighted by Crippen LogP contribution is 2.32. The van der Waals surface area contributed by atoms with E-state index in [0.717, 1.165) is 24.7 Å². The molecule has 0 bridgehead atoms. The van der Waals surface area contributed by atoms with Gasteiger partial charge in [-0.05, 0) is 29.7 Å². The molecule has 1 amide bonds. The van der Waals surface area contributed by atoms with Crippen LogP contribution in [0.3, 0.4) is 0 Å². The lowest BCUT2D eigenvalue weighted by Gasteiger charge is -2.24. The Morgan fingerprint density at radius 1 is 1.31 bits per heavy atom.